The van der Waals surface area contributed by atoms with Gasteiger partial charge in [0.25, 0.3) is 0 Å². The number of hydrogen-bond acceptors (Lipinski definition) is 4. The molecular weight excluding hydrogens is 364 g/mol. The van der Waals surface area contributed by atoms with Gasteiger partial charge in [-0.25, -0.2) is 4.79 Å². The summed E-state index contributed by atoms with van der Waals surface area (Å²) in [5.41, 5.74) is 2.91. The molecule has 0 bridgehead atoms. The number of para-hydroxylation sites is 2. The molecule has 0 spiro atoms. The Morgan fingerprint density at radius 1 is 0.931 bits per heavy atom. The van der Waals surface area contributed by atoms with Crippen LogP contribution in [0.15, 0.2) is 83.7 Å². The lowest BCUT2D eigenvalue weighted by molar-refractivity contribution is 0.0527. The van der Waals surface area contributed by atoms with E-state index in [1.54, 1.807) is 31.2 Å². The number of carbonyl (C=O) groups excluding carboxylic acids is 1. The lowest BCUT2D eigenvalue weighted by Gasteiger charge is -2.16. The third-order valence-corrected chi connectivity index (χ3v) is 4.65. The molecule has 4 aromatic rings. The molecule has 0 atom stereocenters. The number of hydrogen-bond donors (Lipinski definition) is 2. The third kappa shape index (κ3) is 3.62. The number of carbonyl (C=O) groups is 1. The standard InChI is InChI=1S/C24H20N2O3/c1-2-29-24(28)18-13-7-9-15-20(18)26-23-21(16-10-4-3-5-11-16)22(27)17-12-6-8-14-19(17)25-23/h3-15H,2H2,1H3,(H2,25,26,27). The van der Waals surface area contributed by atoms with E-state index in [9.17, 15) is 9.59 Å². The van der Waals surface area contributed by atoms with Gasteiger partial charge >= 0.3 is 5.97 Å². The van der Waals surface area contributed by atoms with Gasteiger partial charge in [-0.05, 0) is 36.8 Å². The maximum atomic E-state index is 13.3. The number of fused-ring (bicyclic) bond motifs is 1. The maximum Gasteiger partial charge on any atom is 0.340 e. The molecule has 0 saturated carbocycles. The van der Waals surface area contributed by atoms with Gasteiger partial charge < -0.3 is 15.0 Å². The molecule has 29 heavy (non-hydrogen) atoms. The van der Waals surface area contributed by atoms with Crippen molar-refractivity contribution in [1.29, 1.82) is 0 Å². The van der Waals surface area contributed by atoms with Crippen LogP contribution in [0.5, 0.6) is 0 Å². The summed E-state index contributed by atoms with van der Waals surface area (Å²) in [6.07, 6.45) is 0. The van der Waals surface area contributed by atoms with Crippen LogP contribution < -0.4 is 10.7 Å². The number of benzene rings is 3. The summed E-state index contributed by atoms with van der Waals surface area (Å²) in [6, 6.07) is 23.9. The zero-order valence-electron chi connectivity index (χ0n) is 15.9. The van der Waals surface area contributed by atoms with Gasteiger partial charge in [0.2, 0.25) is 0 Å². The first kappa shape index (κ1) is 18.5. The van der Waals surface area contributed by atoms with Crippen LogP contribution in [0.2, 0.25) is 0 Å². The Labute approximate surface area is 168 Å². The van der Waals surface area contributed by atoms with E-state index in [-0.39, 0.29) is 12.0 Å². The lowest BCUT2D eigenvalue weighted by Crippen LogP contribution is -2.13. The largest absolute Gasteiger partial charge is 0.462 e. The Morgan fingerprint density at radius 2 is 1.62 bits per heavy atom. The van der Waals surface area contributed by atoms with Crippen LogP contribution in [0.1, 0.15) is 17.3 Å². The number of rotatable bonds is 5. The highest BCUT2D eigenvalue weighted by molar-refractivity contribution is 5.98. The number of ether oxygens (including phenoxy) is 1. The van der Waals surface area contributed by atoms with Gasteiger partial charge in [-0.15, -0.1) is 0 Å². The molecule has 0 fully saturated rings. The zero-order chi connectivity index (χ0) is 20.2. The molecule has 0 aliphatic carbocycles. The molecule has 2 N–H and O–H groups in total. The summed E-state index contributed by atoms with van der Waals surface area (Å²) in [6.45, 7) is 2.05. The summed E-state index contributed by atoms with van der Waals surface area (Å²) < 4.78 is 5.16. The van der Waals surface area contributed by atoms with Crippen LogP contribution in [0.4, 0.5) is 11.5 Å². The highest BCUT2D eigenvalue weighted by Crippen LogP contribution is 2.29. The van der Waals surface area contributed by atoms with Crippen molar-refractivity contribution in [3.63, 3.8) is 0 Å². The average Bonchev–Trinajstić information content (AvgIpc) is 2.75. The van der Waals surface area contributed by atoms with Crippen LogP contribution >= 0.6 is 0 Å². The van der Waals surface area contributed by atoms with E-state index in [1.165, 1.54) is 0 Å². The van der Waals surface area contributed by atoms with Crippen molar-refractivity contribution in [2.45, 2.75) is 6.92 Å². The Balaban J connectivity index is 1.91. The molecule has 3 aromatic carbocycles. The monoisotopic (exact) mass is 384 g/mol. The molecule has 0 aliphatic rings. The summed E-state index contributed by atoms with van der Waals surface area (Å²) in [5, 5.41) is 3.86. The second kappa shape index (κ2) is 8.02. The highest BCUT2D eigenvalue weighted by Gasteiger charge is 2.17. The molecule has 1 aromatic heterocycles. The molecule has 0 aliphatic heterocycles. The van der Waals surface area contributed by atoms with Gasteiger partial charge in [0.05, 0.1) is 28.9 Å². The van der Waals surface area contributed by atoms with Gasteiger partial charge in [-0.1, -0.05) is 54.6 Å². The fourth-order valence-electron chi connectivity index (χ4n) is 3.32. The molecule has 5 heteroatoms. The second-order valence-electron chi connectivity index (χ2n) is 6.51. The molecule has 4 rings (SSSR count). The topological polar surface area (TPSA) is 71.2 Å². The number of H-pyrrole nitrogens is 1. The fourth-order valence-corrected chi connectivity index (χ4v) is 3.32. The molecule has 0 saturated heterocycles. The summed E-state index contributed by atoms with van der Waals surface area (Å²) in [5.74, 6) is 0.108. The Bertz CT molecular complexity index is 1230. The van der Waals surface area contributed by atoms with Crippen molar-refractivity contribution in [3.05, 3.63) is 94.6 Å². The minimum Gasteiger partial charge on any atom is -0.462 e. The van der Waals surface area contributed by atoms with Crippen LogP contribution in [0.25, 0.3) is 22.0 Å². The third-order valence-electron chi connectivity index (χ3n) is 4.65. The van der Waals surface area contributed by atoms with Crippen LogP contribution in [-0.4, -0.2) is 17.6 Å². The molecular formula is C24H20N2O3. The molecule has 144 valence electrons. The molecule has 0 unspecified atom stereocenters. The average molecular weight is 384 g/mol. The van der Waals surface area contributed by atoms with E-state index in [2.05, 4.69) is 10.3 Å². The van der Waals surface area contributed by atoms with E-state index in [0.29, 0.717) is 33.5 Å². The van der Waals surface area contributed by atoms with Crippen molar-refractivity contribution in [2.24, 2.45) is 0 Å². The second-order valence-corrected chi connectivity index (χ2v) is 6.51. The fraction of sp³-hybridized carbons (Fsp3) is 0.0833. The van der Waals surface area contributed by atoms with Gasteiger partial charge in [-0.3, -0.25) is 4.79 Å². The summed E-state index contributed by atoms with van der Waals surface area (Å²) >= 11 is 0. The summed E-state index contributed by atoms with van der Waals surface area (Å²) in [4.78, 5) is 29.0. The number of anilines is 2. The van der Waals surface area contributed by atoms with Crippen LogP contribution in [-0.2, 0) is 4.74 Å². The Kier molecular flexibility index (Phi) is 5.12. The van der Waals surface area contributed by atoms with Gasteiger partial charge in [0.15, 0.2) is 5.43 Å². The lowest BCUT2D eigenvalue weighted by atomic mass is 10.0. The molecule has 1 heterocycles. The predicted molar refractivity (Wildman–Crippen MR) is 116 cm³/mol. The van der Waals surface area contributed by atoms with Crippen molar-refractivity contribution >= 4 is 28.4 Å². The molecule has 0 amide bonds. The Morgan fingerprint density at radius 3 is 2.41 bits per heavy atom. The van der Waals surface area contributed by atoms with Crippen molar-refractivity contribution in [3.8, 4) is 11.1 Å². The van der Waals surface area contributed by atoms with Crippen LogP contribution in [0.3, 0.4) is 0 Å². The maximum absolute atomic E-state index is 13.3. The predicted octanol–water partition coefficient (Wildman–Crippen LogP) is 5.12. The first-order valence-electron chi connectivity index (χ1n) is 9.42. The first-order valence-corrected chi connectivity index (χ1v) is 9.42. The van der Waals surface area contributed by atoms with E-state index in [0.717, 1.165) is 5.56 Å². The van der Waals surface area contributed by atoms with Crippen molar-refractivity contribution < 1.29 is 9.53 Å². The zero-order valence-corrected chi connectivity index (χ0v) is 15.9. The smallest absolute Gasteiger partial charge is 0.340 e. The minimum absolute atomic E-state index is 0.0818. The first-order chi connectivity index (χ1) is 14.2. The number of nitrogens with one attached hydrogen (secondary N) is 2. The van der Waals surface area contributed by atoms with Gasteiger partial charge in [-0.2, -0.15) is 0 Å². The highest BCUT2D eigenvalue weighted by atomic mass is 16.5. The number of aromatic amines is 1. The normalized spacial score (nSPS) is 10.7. The van der Waals surface area contributed by atoms with Crippen LogP contribution in [0, 0.1) is 0 Å². The van der Waals surface area contributed by atoms with E-state index < -0.39 is 5.97 Å². The SMILES string of the molecule is CCOC(=O)c1ccccc1Nc1[nH]c2ccccc2c(=O)c1-c1ccccc1. The van der Waals surface area contributed by atoms with Gasteiger partial charge in [0.1, 0.15) is 5.82 Å². The number of esters is 1. The van der Waals surface area contributed by atoms with E-state index in [1.807, 2.05) is 54.6 Å². The van der Waals surface area contributed by atoms with Crippen molar-refractivity contribution in [2.75, 3.05) is 11.9 Å². The van der Waals surface area contributed by atoms with Crippen molar-refractivity contribution in [1.82, 2.24) is 4.98 Å². The summed E-state index contributed by atoms with van der Waals surface area (Å²) in [7, 11) is 0. The minimum atomic E-state index is -0.417. The molecule has 0 radical (unpaired) electrons. The number of pyridine rings is 1. The van der Waals surface area contributed by atoms with Gasteiger partial charge in [0, 0.05) is 5.39 Å². The van der Waals surface area contributed by atoms with E-state index >= 15 is 0 Å². The number of aromatic nitrogens is 1. The quantitative estimate of drug-likeness (QED) is 0.469. The van der Waals surface area contributed by atoms with E-state index in [4.69, 9.17) is 4.74 Å². The molecule has 5 nitrogen and oxygen atoms in total. The Hall–Kier alpha value is -3.86.